The van der Waals surface area contributed by atoms with E-state index >= 15 is 0 Å². The Morgan fingerprint density at radius 3 is 2.48 bits per heavy atom. The number of ether oxygens (including phenoxy) is 1. The minimum atomic E-state index is -0.612. The van der Waals surface area contributed by atoms with E-state index in [0.29, 0.717) is 11.3 Å². The zero-order valence-corrected chi connectivity index (χ0v) is 10.6. The van der Waals surface area contributed by atoms with Crippen molar-refractivity contribution in [3.63, 3.8) is 0 Å². The van der Waals surface area contributed by atoms with Crippen LogP contribution in [-0.4, -0.2) is 16.0 Å². The van der Waals surface area contributed by atoms with E-state index in [1.54, 1.807) is 18.2 Å². The van der Waals surface area contributed by atoms with Crippen molar-refractivity contribution >= 4 is 23.5 Å². The van der Waals surface area contributed by atoms with Gasteiger partial charge in [0.25, 0.3) is 5.69 Å². The molecular weight excluding hydrogens is 274 g/mol. The second kappa shape index (κ2) is 4.75. The van der Waals surface area contributed by atoms with E-state index < -0.39 is 10.9 Å². The first-order valence-corrected chi connectivity index (χ1v) is 6.06. The topological polar surface area (TPSA) is 89.7 Å². The maximum absolute atomic E-state index is 11.8. The van der Waals surface area contributed by atoms with E-state index in [2.05, 4.69) is 0 Å². The van der Waals surface area contributed by atoms with Crippen LogP contribution >= 0.6 is 0 Å². The number of carbonyl (C=O) groups excluding carboxylic acids is 1. The van der Waals surface area contributed by atoms with Gasteiger partial charge in [-0.25, -0.2) is 4.79 Å². The van der Waals surface area contributed by atoms with Crippen LogP contribution in [0.15, 0.2) is 42.5 Å². The molecule has 21 heavy (non-hydrogen) atoms. The number of nitrogens with zero attached hydrogens (tertiary/aromatic N) is 1. The van der Waals surface area contributed by atoms with Crippen molar-refractivity contribution in [1.29, 1.82) is 0 Å². The normalized spacial score (nSPS) is 14.9. The van der Waals surface area contributed by atoms with Gasteiger partial charge in [-0.1, -0.05) is 12.1 Å². The van der Waals surface area contributed by atoms with E-state index in [4.69, 9.17) is 4.74 Å². The van der Waals surface area contributed by atoms with Crippen molar-refractivity contribution in [2.45, 2.75) is 0 Å². The van der Waals surface area contributed by atoms with Crippen LogP contribution in [0.5, 0.6) is 5.75 Å². The third kappa shape index (κ3) is 2.34. The molecule has 0 amide bonds. The van der Waals surface area contributed by atoms with Crippen LogP contribution in [0.25, 0.3) is 11.8 Å². The minimum absolute atomic E-state index is 0.136. The van der Waals surface area contributed by atoms with E-state index in [-0.39, 0.29) is 17.0 Å². The van der Waals surface area contributed by atoms with Gasteiger partial charge in [0, 0.05) is 17.7 Å². The maximum atomic E-state index is 11.8. The van der Waals surface area contributed by atoms with Gasteiger partial charge in [-0.05, 0) is 29.8 Å². The fourth-order valence-corrected chi connectivity index (χ4v) is 2.07. The Labute approximate surface area is 119 Å². The van der Waals surface area contributed by atoms with Crippen LogP contribution in [0, 0.1) is 10.1 Å². The van der Waals surface area contributed by atoms with Gasteiger partial charge in [0.05, 0.1) is 10.5 Å². The van der Waals surface area contributed by atoms with E-state index in [9.17, 15) is 20.0 Å². The van der Waals surface area contributed by atoms with Crippen molar-refractivity contribution in [1.82, 2.24) is 0 Å². The predicted octanol–water partition coefficient (Wildman–Crippen LogP) is 2.97. The number of aromatic hydroxyl groups is 1. The summed E-state index contributed by atoms with van der Waals surface area (Å²) in [4.78, 5) is 21.9. The summed E-state index contributed by atoms with van der Waals surface area (Å²) in [6.45, 7) is 0. The van der Waals surface area contributed by atoms with Gasteiger partial charge in [0.1, 0.15) is 11.5 Å². The molecule has 0 spiro atoms. The fourth-order valence-electron chi connectivity index (χ4n) is 2.07. The monoisotopic (exact) mass is 283 g/mol. The number of fused-ring (bicyclic) bond motifs is 1. The molecular formula is C15H9NO5. The summed E-state index contributed by atoms with van der Waals surface area (Å²) in [6.07, 6.45) is 1.63. The first-order valence-electron chi connectivity index (χ1n) is 6.06. The Hall–Kier alpha value is -3.15. The molecule has 0 saturated carbocycles. The number of non-ortho nitro benzene ring substituents is 1. The van der Waals surface area contributed by atoms with Gasteiger partial charge in [-0.3, -0.25) is 10.1 Å². The number of phenolic OH excluding ortho intramolecular Hbond substituents is 1. The number of nitro benzene ring substituents is 1. The number of hydrogen-bond acceptors (Lipinski definition) is 5. The maximum Gasteiger partial charge on any atom is 0.344 e. The number of esters is 1. The summed E-state index contributed by atoms with van der Waals surface area (Å²) in [5.74, 6) is -0.147. The first kappa shape index (κ1) is 12.9. The number of benzene rings is 2. The van der Waals surface area contributed by atoms with Gasteiger partial charge < -0.3 is 9.84 Å². The fraction of sp³-hybridized carbons (Fsp3) is 0. The molecule has 1 N–H and O–H groups in total. The molecule has 2 aromatic rings. The molecule has 0 atom stereocenters. The molecule has 6 heteroatoms. The summed E-state index contributed by atoms with van der Waals surface area (Å²) in [7, 11) is 0. The van der Waals surface area contributed by atoms with Crippen molar-refractivity contribution < 1.29 is 19.6 Å². The summed E-state index contributed by atoms with van der Waals surface area (Å²) in [5, 5.41) is 20.0. The lowest BCUT2D eigenvalue weighted by Crippen LogP contribution is -1.95. The lowest BCUT2D eigenvalue weighted by Gasteiger charge is -1.99. The van der Waals surface area contributed by atoms with Crippen LogP contribution < -0.4 is 0 Å². The van der Waals surface area contributed by atoms with E-state index in [1.165, 1.54) is 30.3 Å². The van der Waals surface area contributed by atoms with Crippen molar-refractivity contribution in [3.05, 3.63) is 69.3 Å². The van der Waals surface area contributed by atoms with Crippen molar-refractivity contribution in [2.75, 3.05) is 0 Å². The number of rotatable bonds is 2. The Morgan fingerprint density at radius 2 is 1.81 bits per heavy atom. The van der Waals surface area contributed by atoms with Gasteiger partial charge >= 0.3 is 5.97 Å². The highest BCUT2D eigenvalue weighted by molar-refractivity contribution is 6.06. The van der Waals surface area contributed by atoms with E-state index in [1.807, 2.05) is 0 Å². The SMILES string of the molecule is O=C1O/C(=C/c2ccc(O)cc2)c2ccc([N+](=O)[O-])cc21. The lowest BCUT2D eigenvalue weighted by atomic mass is 10.1. The largest absolute Gasteiger partial charge is 0.508 e. The number of nitro groups is 1. The van der Waals surface area contributed by atoms with Crippen LogP contribution in [0.4, 0.5) is 5.69 Å². The van der Waals surface area contributed by atoms with E-state index in [0.717, 1.165) is 5.56 Å². The predicted molar refractivity (Wildman–Crippen MR) is 74.5 cm³/mol. The highest BCUT2D eigenvalue weighted by Crippen LogP contribution is 2.33. The number of phenols is 1. The molecule has 0 radical (unpaired) electrons. The zero-order chi connectivity index (χ0) is 15.0. The molecule has 0 aromatic heterocycles. The number of hydrogen-bond donors (Lipinski definition) is 1. The summed E-state index contributed by atoms with van der Waals surface area (Å²) >= 11 is 0. The van der Waals surface area contributed by atoms with Gasteiger partial charge in [0.15, 0.2) is 0 Å². The molecule has 0 saturated heterocycles. The average molecular weight is 283 g/mol. The lowest BCUT2D eigenvalue weighted by molar-refractivity contribution is -0.384. The molecule has 3 rings (SSSR count). The molecule has 0 bridgehead atoms. The molecule has 0 aliphatic carbocycles. The molecule has 1 aliphatic heterocycles. The van der Waals surface area contributed by atoms with Gasteiger partial charge in [-0.15, -0.1) is 0 Å². The molecule has 2 aromatic carbocycles. The summed E-state index contributed by atoms with van der Waals surface area (Å²) < 4.78 is 5.14. The summed E-state index contributed by atoms with van der Waals surface area (Å²) in [6, 6.07) is 10.4. The zero-order valence-electron chi connectivity index (χ0n) is 10.6. The standard InChI is InChI=1S/C15H9NO5/c17-11-4-1-9(2-5-11)7-14-12-6-3-10(16(19)20)8-13(12)15(18)21-14/h1-8,17H/b14-7+. The van der Waals surface area contributed by atoms with Crippen LogP contribution in [0.2, 0.25) is 0 Å². The molecule has 0 unspecified atom stereocenters. The third-order valence-electron chi connectivity index (χ3n) is 3.09. The Morgan fingerprint density at radius 1 is 1.10 bits per heavy atom. The Balaban J connectivity index is 2.04. The Kier molecular flexibility index (Phi) is 2.91. The Bertz CT molecular complexity index is 777. The molecule has 6 nitrogen and oxygen atoms in total. The van der Waals surface area contributed by atoms with Crippen LogP contribution in [0.1, 0.15) is 21.5 Å². The van der Waals surface area contributed by atoms with Crippen LogP contribution in [0.3, 0.4) is 0 Å². The molecule has 104 valence electrons. The molecule has 0 fully saturated rings. The highest BCUT2D eigenvalue weighted by Gasteiger charge is 2.28. The van der Waals surface area contributed by atoms with Gasteiger partial charge in [0.2, 0.25) is 0 Å². The highest BCUT2D eigenvalue weighted by atomic mass is 16.6. The van der Waals surface area contributed by atoms with Crippen molar-refractivity contribution in [2.24, 2.45) is 0 Å². The second-order valence-corrected chi connectivity index (χ2v) is 4.48. The summed E-state index contributed by atoms with van der Waals surface area (Å²) in [5.41, 5.74) is 1.27. The third-order valence-corrected chi connectivity index (χ3v) is 3.09. The molecule has 1 heterocycles. The average Bonchev–Trinajstić information content (AvgIpc) is 2.77. The van der Waals surface area contributed by atoms with Gasteiger partial charge in [-0.2, -0.15) is 0 Å². The first-order chi connectivity index (χ1) is 10.0. The second-order valence-electron chi connectivity index (χ2n) is 4.48. The quantitative estimate of drug-likeness (QED) is 0.520. The molecule has 1 aliphatic rings. The minimum Gasteiger partial charge on any atom is -0.508 e. The number of carbonyl (C=O) groups is 1. The van der Waals surface area contributed by atoms with Crippen LogP contribution in [-0.2, 0) is 4.74 Å². The smallest absolute Gasteiger partial charge is 0.344 e. The number of cyclic esters (lactones) is 1. The van der Waals surface area contributed by atoms with Crippen molar-refractivity contribution in [3.8, 4) is 5.75 Å².